The van der Waals surface area contributed by atoms with Crippen molar-refractivity contribution in [3.63, 3.8) is 0 Å². The van der Waals surface area contributed by atoms with Crippen LogP contribution in [-0.4, -0.2) is 52.4 Å². The number of imidazole rings is 1. The molecule has 0 radical (unpaired) electrons. The van der Waals surface area contributed by atoms with Crippen molar-refractivity contribution in [3.8, 4) is 0 Å². The van der Waals surface area contributed by atoms with Gasteiger partial charge in [-0.05, 0) is 30.9 Å². The average Bonchev–Trinajstić information content (AvgIpc) is 3.12. The molecule has 24 heavy (non-hydrogen) atoms. The summed E-state index contributed by atoms with van der Waals surface area (Å²) in [5.41, 5.74) is 2.20. The molecule has 2 aromatic rings. The fraction of sp³-hybridized carbons (Fsp3) is 0.474. The van der Waals surface area contributed by atoms with Gasteiger partial charge in [0.2, 0.25) is 5.91 Å². The predicted molar refractivity (Wildman–Crippen MR) is 94.6 cm³/mol. The summed E-state index contributed by atoms with van der Waals surface area (Å²) in [7, 11) is 3.67. The molecule has 1 aromatic heterocycles. The predicted octanol–water partition coefficient (Wildman–Crippen LogP) is 2.27. The second kappa shape index (κ2) is 6.77. The van der Waals surface area contributed by atoms with Crippen LogP contribution in [0.4, 0.5) is 0 Å². The molecule has 0 atom stereocenters. The topological polar surface area (TPSA) is 41.4 Å². The van der Waals surface area contributed by atoms with E-state index in [9.17, 15) is 4.79 Å². The lowest BCUT2D eigenvalue weighted by atomic mass is 9.85. The molecule has 128 valence electrons. The maximum absolute atomic E-state index is 12.9. The van der Waals surface area contributed by atoms with Gasteiger partial charge in [0.05, 0.1) is 6.33 Å². The van der Waals surface area contributed by atoms with E-state index in [1.54, 1.807) is 17.4 Å². The van der Waals surface area contributed by atoms with Gasteiger partial charge in [0, 0.05) is 46.1 Å². The molecule has 5 heteroatoms. The second-order valence-corrected chi connectivity index (χ2v) is 6.90. The van der Waals surface area contributed by atoms with Gasteiger partial charge in [-0.25, -0.2) is 4.98 Å². The van der Waals surface area contributed by atoms with Crippen molar-refractivity contribution < 1.29 is 4.79 Å². The van der Waals surface area contributed by atoms with E-state index in [4.69, 9.17) is 0 Å². The van der Waals surface area contributed by atoms with Crippen LogP contribution >= 0.6 is 0 Å². The van der Waals surface area contributed by atoms with Gasteiger partial charge in [-0.2, -0.15) is 0 Å². The van der Waals surface area contributed by atoms with Gasteiger partial charge in [0.15, 0.2) is 0 Å². The third kappa shape index (κ3) is 3.08. The molecule has 1 fully saturated rings. The molecule has 0 bridgehead atoms. The Morgan fingerprint density at radius 3 is 2.54 bits per heavy atom. The van der Waals surface area contributed by atoms with E-state index in [0.29, 0.717) is 0 Å². The first-order valence-electron chi connectivity index (χ1n) is 8.50. The number of aryl methyl sites for hydroxylation is 1. The Labute approximate surface area is 143 Å². The number of likely N-dealkylation sites (tertiary alicyclic amines) is 1. The minimum Gasteiger partial charge on any atom is -0.347 e. The van der Waals surface area contributed by atoms with Crippen LogP contribution < -0.4 is 0 Å². The van der Waals surface area contributed by atoms with Gasteiger partial charge in [0.1, 0.15) is 5.54 Å². The fourth-order valence-electron chi connectivity index (χ4n) is 3.62. The summed E-state index contributed by atoms with van der Waals surface area (Å²) in [4.78, 5) is 21.2. The Hall–Kier alpha value is -2.14. The Morgan fingerprint density at radius 1 is 1.25 bits per heavy atom. The SMILES string of the molecule is Cc1ccccc1CN1CCC(C(=O)N(C)C)(n2ccnc2)CC1. The summed E-state index contributed by atoms with van der Waals surface area (Å²) >= 11 is 0. The summed E-state index contributed by atoms with van der Waals surface area (Å²) in [6.07, 6.45) is 7.07. The van der Waals surface area contributed by atoms with E-state index in [2.05, 4.69) is 41.1 Å². The molecular weight excluding hydrogens is 300 g/mol. The fourth-order valence-corrected chi connectivity index (χ4v) is 3.62. The summed E-state index contributed by atoms with van der Waals surface area (Å²) in [6.45, 7) is 4.92. The Morgan fingerprint density at radius 2 is 1.96 bits per heavy atom. The van der Waals surface area contributed by atoms with Crippen molar-refractivity contribution in [3.05, 3.63) is 54.1 Å². The second-order valence-electron chi connectivity index (χ2n) is 6.90. The smallest absolute Gasteiger partial charge is 0.248 e. The zero-order valence-electron chi connectivity index (χ0n) is 14.8. The molecule has 1 amide bonds. The lowest BCUT2D eigenvalue weighted by molar-refractivity contribution is -0.141. The standard InChI is InChI=1S/C19H26N4O/c1-16-6-4-5-7-17(16)14-22-11-8-19(9-12-22,18(24)21(2)3)23-13-10-20-15-23/h4-7,10,13,15H,8-9,11-12,14H2,1-3H3. The zero-order valence-corrected chi connectivity index (χ0v) is 14.8. The maximum Gasteiger partial charge on any atom is 0.248 e. The Kier molecular flexibility index (Phi) is 4.71. The summed E-state index contributed by atoms with van der Waals surface area (Å²) < 4.78 is 2.00. The van der Waals surface area contributed by atoms with Crippen LogP contribution in [0.5, 0.6) is 0 Å². The number of aromatic nitrogens is 2. The normalized spacial score (nSPS) is 17.6. The summed E-state index contributed by atoms with van der Waals surface area (Å²) in [6, 6.07) is 8.52. The molecular formula is C19H26N4O. The number of likely N-dealkylation sites (N-methyl/N-ethyl adjacent to an activating group) is 1. The van der Waals surface area contributed by atoms with E-state index >= 15 is 0 Å². The van der Waals surface area contributed by atoms with Gasteiger partial charge in [-0.3, -0.25) is 9.69 Å². The molecule has 0 N–H and O–H groups in total. The van der Waals surface area contributed by atoms with E-state index in [0.717, 1.165) is 32.5 Å². The van der Waals surface area contributed by atoms with E-state index < -0.39 is 5.54 Å². The van der Waals surface area contributed by atoms with Gasteiger partial charge < -0.3 is 9.47 Å². The molecule has 0 spiro atoms. The van der Waals surface area contributed by atoms with Gasteiger partial charge in [-0.1, -0.05) is 24.3 Å². The number of amides is 1. The quantitative estimate of drug-likeness (QED) is 0.865. The highest BCUT2D eigenvalue weighted by atomic mass is 16.2. The van der Waals surface area contributed by atoms with Gasteiger partial charge in [-0.15, -0.1) is 0 Å². The largest absolute Gasteiger partial charge is 0.347 e. The van der Waals surface area contributed by atoms with Crippen molar-refractivity contribution in [2.24, 2.45) is 0 Å². The number of hydrogen-bond donors (Lipinski definition) is 0. The number of hydrogen-bond acceptors (Lipinski definition) is 3. The average molecular weight is 326 g/mol. The molecule has 1 aromatic carbocycles. The van der Waals surface area contributed by atoms with Crippen LogP contribution in [0.25, 0.3) is 0 Å². The molecule has 0 saturated carbocycles. The minimum absolute atomic E-state index is 0.163. The van der Waals surface area contributed by atoms with E-state index in [1.165, 1.54) is 11.1 Å². The first-order valence-corrected chi connectivity index (χ1v) is 8.50. The molecule has 1 aliphatic heterocycles. The van der Waals surface area contributed by atoms with Gasteiger partial charge >= 0.3 is 0 Å². The minimum atomic E-state index is -0.498. The Bertz CT molecular complexity index is 685. The number of nitrogens with zero attached hydrogens (tertiary/aromatic N) is 4. The van der Waals surface area contributed by atoms with Crippen LogP contribution in [0.2, 0.25) is 0 Å². The lowest BCUT2D eigenvalue weighted by Gasteiger charge is -2.42. The first-order chi connectivity index (χ1) is 11.5. The molecule has 3 rings (SSSR count). The molecule has 0 aliphatic carbocycles. The lowest BCUT2D eigenvalue weighted by Crippen LogP contribution is -2.54. The van der Waals surface area contributed by atoms with Crippen molar-refractivity contribution >= 4 is 5.91 Å². The zero-order chi connectivity index (χ0) is 17.2. The van der Waals surface area contributed by atoms with Crippen LogP contribution in [0.1, 0.15) is 24.0 Å². The molecule has 1 saturated heterocycles. The van der Waals surface area contributed by atoms with Crippen molar-refractivity contribution in [2.75, 3.05) is 27.2 Å². The van der Waals surface area contributed by atoms with Crippen LogP contribution in [0.3, 0.4) is 0 Å². The molecule has 1 aliphatic rings. The third-order valence-corrected chi connectivity index (χ3v) is 5.14. The highest BCUT2D eigenvalue weighted by Gasteiger charge is 2.43. The van der Waals surface area contributed by atoms with Gasteiger partial charge in [0.25, 0.3) is 0 Å². The highest BCUT2D eigenvalue weighted by molar-refractivity contribution is 5.84. The van der Waals surface area contributed by atoms with Crippen molar-refractivity contribution in [2.45, 2.75) is 31.8 Å². The molecule has 2 heterocycles. The number of rotatable bonds is 4. The summed E-state index contributed by atoms with van der Waals surface area (Å²) in [5.74, 6) is 0.163. The van der Waals surface area contributed by atoms with Crippen LogP contribution in [-0.2, 0) is 16.9 Å². The van der Waals surface area contributed by atoms with E-state index in [-0.39, 0.29) is 5.91 Å². The monoisotopic (exact) mass is 326 g/mol. The Balaban J connectivity index is 1.75. The molecule has 0 unspecified atom stereocenters. The van der Waals surface area contributed by atoms with E-state index in [1.807, 2.05) is 24.9 Å². The number of piperidine rings is 1. The third-order valence-electron chi connectivity index (χ3n) is 5.14. The highest BCUT2D eigenvalue weighted by Crippen LogP contribution is 2.32. The molecule has 5 nitrogen and oxygen atoms in total. The number of carbonyl (C=O) groups is 1. The van der Waals surface area contributed by atoms with Crippen LogP contribution in [0.15, 0.2) is 43.0 Å². The van der Waals surface area contributed by atoms with Crippen molar-refractivity contribution in [1.82, 2.24) is 19.4 Å². The number of carbonyl (C=O) groups excluding carboxylic acids is 1. The van der Waals surface area contributed by atoms with Crippen LogP contribution in [0, 0.1) is 6.92 Å². The first kappa shape index (κ1) is 16.7. The maximum atomic E-state index is 12.9. The van der Waals surface area contributed by atoms with Crippen molar-refractivity contribution in [1.29, 1.82) is 0 Å². The summed E-state index contributed by atoms with van der Waals surface area (Å²) in [5, 5.41) is 0. The number of benzene rings is 1.